The number of thioether (sulfide) groups is 1. The van der Waals surface area contributed by atoms with Gasteiger partial charge in [-0.1, -0.05) is 13.8 Å². The highest BCUT2D eigenvalue weighted by molar-refractivity contribution is 7.99. The van der Waals surface area contributed by atoms with Gasteiger partial charge in [-0.15, -0.1) is 11.8 Å². The van der Waals surface area contributed by atoms with Gasteiger partial charge in [-0.05, 0) is 17.3 Å². The summed E-state index contributed by atoms with van der Waals surface area (Å²) in [6.45, 7) is 6.65. The van der Waals surface area contributed by atoms with Crippen LogP contribution in [0.4, 0.5) is 0 Å². The Morgan fingerprint density at radius 1 is 1.40 bits per heavy atom. The number of hydrogen-bond donors (Lipinski definition) is 1. The highest BCUT2D eigenvalue weighted by Gasteiger charge is 2.62. The van der Waals surface area contributed by atoms with E-state index in [0.29, 0.717) is 11.3 Å². The quantitative estimate of drug-likeness (QED) is 0.716. The van der Waals surface area contributed by atoms with Crippen molar-refractivity contribution in [1.82, 2.24) is 10.2 Å². The van der Waals surface area contributed by atoms with E-state index in [4.69, 9.17) is 0 Å². The number of piperidine rings is 1. The van der Waals surface area contributed by atoms with Crippen molar-refractivity contribution in [2.24, 2.45) is 17.3 Å². The smallest absolute Gasteiger partial charge is 0.240 e. The molecule has 0 aromatic rings. The van der Waals surface area contributed by atoms with Gasteiger partial charge in [0.1, 0.15) is 0 Å². The van der Waals surface area contributed by atoms with E-state index in [9.17, 15) is 4.79 Å². The summed E-state index contributed by atoms with van der Waals surface area (Å²) in [7, 11) is 0. The molecule has 0 bridgehead atoms. The first-order valence-corrected chi connectivity index (χ1v) is 6.86. The molecule has 2 aliphatic heterocycles. The first-order valence-electron chi connectivity index (χ1n) is 5.70. The monoisotopic (exact) mass is 226 g/mol. The maximum Gasteiger partial charge on any atom is 0.240 e. The van der Waals surface area contributed by atoms with Crippen LogP contribution in [0.3, 0.4) is 0 Å². The second-order valence-corrected chi connectivity index (χ2v) is 6.58. The minimum Gasteiger partial charge on any atom is -0.341 e. The van der Waals surface area contributed by atoms with Crippen molar-refractivity contribution in [3.05, 3.63) is 0 Å². The summed E-state index contributed by atoms with van der Waals surface area (Å²) in [5.41, 5.74) is 0.509. The fourth-order valence-corrected chi connectivity index (χ4v) is 4.02. The van der Waals surface area contributed by atoms with Crippen LogP contribution in [0.25, 0.3) is 0 Å². The van der Waals surface area contributed by atoms with Gasteiger partial charge in [0, 0.05) is 24.7 Å². The van der Waals surface area contributed by atoms with Gasteiger partial charge >= 0.3 is 0 Å². The van der Waals surface area contributed by atoms with Crippen molar-refractivity contribution < 1.29 is 4.79 Å². The van der Waals surface area contributed by atoms with Gasteiger partial charge in [-0.3, -0.25) is 10.1 Å². The zero-order valence-corrected chi connectivity index (χ0v) is 10.1. The van der Waals surface area contributed by atoms with Gasteiger partial charge in [0.2, 0.25) is 5.91 Å². The maximum absolute atomic E-state index is 12.1. The first-order chi connectivity index (χ1) is 7.10. The van der Waals surface area contributed by atoms with E-state index in [1.807, 2.05) is 11.8 Å². The molecule has 1 aliphatic carbocycles. The molecule has 1 amide bonds. The highest BCUT2D eigenvalue weighted by atomic mass is 32.2. The third-order valence-corrected chi connectivity index (χ3v) is 5.39. The molecule has 3 rings (SSSR count). The van der Waals surface area contributed by atoms with E-state index >= 15 is 0 Å². The Kier molecular flexibility index (Phi) is 2.09. The predicted molar refractivity (Wildman–Crippen MR) is 61.6 cm³/mol. The molecule has 3 atom stereocenters. The molecule has 4 heteroatoms. The number of carbonyl (C=O) groups excluding carboxylic acids is 1. The maximum atomic E-state index is 12.1. The Labute approximate surface area is 95.0 Å². The lowest BCUT2D eigenvalue weighted by Crippen LogP contribution is -2.45. The molecule has 2 saturated heterocycles. The topological polar surface area (TPSA) is 32.3 Å². The van der Waals surface area contributed by atoms with E-state index in [0.717, 1.165) is 36.6 Å². The van der Waals surface area contributed by atoms with Crippen LogP contribution in [-0.4, -0.2) is 41.6 Å². The van der Waals surface area contributed by atoms with Crippen LogP contribution in [0, 0.1) is 17.3 Å². The number of nitrogens with zero attached hydrogens (tertiary/aromatic N) is 1. The third kappa shape index (κ3) is 1.41. The largest absolute Gasteiger partial charge is 0.341 e. The van der Waals surface area contributed by atoms with Crippen LogP contribution in [-0.2, 0) is 4.79 Å². The van der Waals surface area contributed by atoms with Crippen LogP contribution in [0.15, 0.2) is 0 Å². The molecule has 84 valence electrons. The SMILES string of the molecule is CC1(C)C2CN(C(=O)[C@H]3CSCN3)CC21. The van der Waals surface area contributed by atoms with Crippen LogP contribution < -0.4 is 5.32 Å². The number of nitrogens with one attached hydrogen (secondary N) is 1. The molecule has 3 aliphatic rings. The first kappa shape index (κ1) is 9.97. The summed E-state index contributed by atoms with van der Waals surface area (Å²) in [5, 5.41) is 3.26. The van der Waals surface area contributed by atoms with Crippen molar-refractivity contribution in [3.63, 3.8) is 0 Å². The average Bonchev–Trinajstić information content (AvgIpc) is 2.79. The number of fused-ring (bicyclic) bond motifs is 1. The number of likely N-dealkylation sites (tertiary alicyclic amines) is 1. The van der Waals surface area contributed by atoms with Crippen molar-refractivity contribution in [2.75, 3.05) is 24.7 Å². The Morgan fingerprint density at radius 3 is 2.60 bits per heavy atom. The molecule has 0 aromatic carbocycles. The minimum absolute atomic E-state index is 0.0932. The molecule has 1 N–H and O–H groups in total. The fourth-order valence-electron chi connectivity index (χ4n) is 3.09. The number of hydrogen-bond acceptors (Lipinski definition) is 3. The van der Waals surface area contributed by atoms with E-state index in [2.05, 4.69) is 24.1 Å². The summed E-state index contributed by atoms with van der Waals surface area (Å²) in [6, 6.07) is 0.0932. The zero-order valence-electron chi connectivity index (χ0n) is 9.32. The van der Waals surface area contributed by atoms with Crippen molar-refractivity contribution in [2.45, 2.75) is 19.9 Å². The Bertz CT molecular complexity index is 285. The molecule has 3 nitrogen and oxygen atoms in total. The predicted octanol–water partition coefficient (Wildman–Crippen LogP) is 0.763. The van der Waals surface area contributed by atoms with Crippen LogP contribution in [0.1, 0.15) is 13.8 Å². The van der Waals surface area contributed by atoms with E-state index in [1.54, 1.807) is 0 Å². The number of rotatable bonds is 1. The van der Waals surface area contributed by atoms with Gasteiger partial charge in [-0.2, -0.15) is 0 Å². The fraction of sp³-hybridized carbons (Fsp3) is 0.909. The second-order valence-electron chi connectivity index (χ2n) is 5.55. The molecule has 1 saturated carbocycles. The lowest BCUT2D eigenvalue weighted by atomic mass is 10.1. The summed E-state index contributed by atoms with van der Waals surface area (Å²) in [4.78, 5) is 14.1. The van der Waals surface area contributed by atoms with E-state index in [-0.39, 0.29) is 6.04 Å². The number of carbonyl (C=O) groups is 1. The molecule has 2 heterocycles. The molecule has 3 fully saturated rings. The Hall–Kier alpha value is -0.220. The molecule has 0 spiro atoms. The average molecular weight is 226 g/mol. The summed E-state index contributed by atoms with van der Waals surface area (Å²) in [5.74, 6) is 3.77. The number of amides is 1. The van der Waals surface area contributed by atoms with Crippen molar-refractivity contribution >= 4 is 17.7 Å². The van der Waals surface area contributed by atoms with Crippen LogP contribution >= 0.6 is 11.8 Å². The lowest BCUT2D eigenvalue weighted by Gasteiger charge is -2.24. The Morgan fingerprint density at radius 2 is 2.07 bits per heavy atom. The van der Waals surface area contributed by atoms with Gasteiger partial charge in [0.05, 0.1) is 6.04 Å². The summed E-state index contributed by atoms with van der Waals surface area (Å²) in [6.07, 6.45) is 0. The van der Waals surface area contributed by atoms with E-state index < -0.39 is 0 Å². The minimum atomic E-state index is 0.0932. The van der Waals surface area contributed by atoms with Crippen LogP contribution in [0.5, 0.6) is 0 Å². The normalized spacial score (nSPS) is 41.7. The molecule has 0 aromatic heterocycles. The molecular formula is C11H18N2OS. The summed E-state index contributed by atoms with van der Waals surface area (Å²) >= 11 is 1.82. The highest BCUT2D eigenvalue weighted by Crippen LogP contribution is 2.61. The zero-order chi connectivity index (χ0) is 10.6. The molecule has 0 radical (unpaired) electrons. The van der Waals surface area contributed by atoms with Gasteiger partial charge in [0.15, 0.2) is 0 Å². The van der Waals surface area contributed by atoms with Gasteiger partial charge in [0.25, 0.3) is 0 Å². The summed E-state index contributed by atoms with van der Waals surface area (Å²) < 4.78 is 0. The van der Waals surface area contributed by atoms with Gasteiger partial charge < -0.3 is 4.90 Å². The van der Waals surface area contributed by atoms with Crippen LogP contribution in [0.2, 0.25) is 0 Å². The Balaban J connectivity index is 1.60. The van der Waals surface area contributed by atoms with E-state index in [1.165, 1.54) is 0 Å². The molecular weight excluding hydrogens is 208 g/mol. The standard InChI is InChI=1S/C11H18N2OS/c1-11(2)7-3-13(4-8(7)11)10(14)9-5-15-6-12-9/h7-9,12H,3-6H2,1-2H3/t7?,8?,9-/m1/s1. The van der Waals surface area contributed by atoms with Gasteiger partial charge in [-0.25, -0.2) is 0 Å². The lowest BCUT2D eigenvalue weighted by molar-refractivity contribution is -0.132. The van der Waals surface area contributed by atoms with Crippen molar-refractivity contribution in [3.8, 4) is 0 Å². The molecule has 2 unspecified atom stereocenters. The third-order valence-electron chi connectivity index (χ3n) is 4.45. The second kappa shape index (κ2) is 3.14. The molecule has 15 heavy (non-hydrogen) atoms. The van der Waals surface area contributed by atoms with Crippen molar-refractivity contribution in [1.29, 1.82) is 0 Å².